The number of nitrogens with one attached hydrogen (secondary N) is 1. The molecule has 1 heterocycles. The maximum atomic E-state index is 4.76. The van der Waals surface area contributed by atoms with Gasteiger partial charge >= 0.3 is 0 Å². The lowest BCUT2D eigenvalue weighted by Crippen LogP contribution is -2.40. The molecule has 4 heteroatoms. The van der Waals surface area contributed by atoms with E-state index in [9.17, 15) is 0 Å². The van der Waals surface area contributed by atoms with Crippen molar-refractivity contribution in [1.82, 2.24) is 10.2 Å². The van der Waals surface area contributed by atoms with E-state index in [0.717, 1.165) is 30.9 Å². The molecule has 1 N–H and O–H groups in total. The minimum absolute atomic E-state index is 0.811. The highest BCUT2D eigenvalue weighted by atomic mass is 32.2. The maximum absolute atomic E-state index is 4.76. The van der Waals surface area contributed by atoms with Gasteiger partial charge in [0.15, 0.2) is 5.96 Å². The fraction of sp³-hybridized carbons (Fsp3) is 0.933. The van der Waals surface area contributed by atoms with Crippen LogP contribution in [-0.4, -0.2) is 49.0 Å². The smallest absolute Gasteiger partial charge is 0.193 e. The van der Waals surface area contributed by atoms with Gasteiger partial charge in [-0.1, -0.05) is 13.8 Å². The van der Waals surface area contributed by atoms with Gasteiger partial charge in [-0.05, 0) is 50.0 Å². The van der Waals surface area contributed by atoms with E-state index in [0.29, 0.717) is 0 Å². The first kappa shape index (κ1) is 16.7. The Balaban J connectivity index is 2.43. The highest BCUT2D eigenvalue weighted by Gasteiger charge is 2.25. The van der Waals surface area contributed by atoms with E-state index in [1.165, 1.54) is 38.1 Å². The lowest BCUT2D eigenvalue weighted by molar-refractivity contribution is 0.403. The van der Waals surface area contributed by atoms with Crippen LogP contribution in [0.3, 0.4) is 0 Å². The number of guanidine groups is 1. The molecule has 0 aromatic carbocycles. The molecule has 1 aliphatic heterocycles. The van der Waals surface area contributed by atoms with Crippen molar-refractivity contribution in [1.29, 1.82) is 0 Å². The van der Waals surface area contributed by atoms with Gasteiger partial charge in [-0.15, -0.1) is 0 Å². The number of rotatable bonds is 7. The van der Waals surface area contributed by atoms with Crippen molar-refractivity contribution in [3.8, 4) is 0 Å². The van der Waals surface area contributed by atoms with Gasteiger partial charge in [0.25, 0.3) is 0 Å². The molecule has 0 amide bonds. The number of hydrogen-bond donors (Lipinski definition) is 1. The zero-order valence-corrected chi connectivity index (χ0v) is 13.9. The summed E-state index contributed by atoms with van der Waals surface area (Å²) in [5.74, 6) is 4.01. The summed E-state index contributed by atoms with van der Waals surface area (Å²) < 4.78 is 0. The van der Waals surface area contributed by atoms with Crippen molar-refractivity contribution in [2.45, 2.75) is 40.0 Å². The van der Waals surface area contributed by atoms with E-state index in [2.05, 4.69) is 37.2 Å². The Morgan fingerprint density at radius 1 is 1.47 bits per heavy atom. The molecule has 0 radical (unpaired) electrons. The van der Waals surface area contributed by atoms with Gasteiger partial charge in [0.05, 0.1) is 0 Å². The second-order valence-electron chi connectivity index (χ2n) is 5.81. The zero-order chi connectivity index (χ0) is 14.1. The number of nitrogens with zero attached hydrogens (tertiary/aromatic N) is 2. The molecule has 0 bridgehead atoms. The normalized spacial score (nSPS) is 20.4. The third kappa shape index (κ3) is 6.55. The first-order valence-corrected chi connectivity index (χ1v) is 9.09. The van der Waals surface area contributed by atoms with Crippen LogP contribution < -0.4 is 5.32 Å². The van der Waals surface area contributed by atoms with Crippen molar-refractivity contribution in [3.63, 3.8) is 0 Å². The molecule has 0 aromatic rings. The average molecular weight is 286 g/mol. The molecule has 1 atom stereocenters. The van der Waals surface area contributed by atoms with Gasteiger partial charge < -0.3 is 10.2 Å². The summed E-state index contributed by atoms with van der Waals surface area (Å²) in [5, 5.41) is 3.44. The van der Waals surface area contributed by atoms with E-state index < -0.39 is 0 Å². The number of thioether (sulfide) groups is 1. The lowest BCUT2D eigenvalue weighted by Gasteiger charge is -2.22. The molecular weight excluding hydrogens is 254 g/mol. The van der Waals surface area contributed by atoms with E-state index in [4.69, 9.17) is 4.99 Å². The predicted octanol–water partition coefficient (Wildman–Crippen LogP) is 3.07. The summed E-state index contributed by atoms with van der Waals surface area (Å²) >= 11 is 1.90. The van der Waals surface area contributed by atoms with Crippen LogP contribution in [0.1, 0.15) is 40.0 Å². The Labute approximate surface area is 123 Å². The maximum Gasteiger partial charge on any atom is 0.193 e. The van der Waals surface area contributed by atoms with Gasteiger partial charge in [0, 0.05) is 26.2 Å². The van der Waals surface area contributed by atoms with Crippen molar-refractivity contribution in [2.75, 3.05) is 38.2 Å². The van der Waals surface area contributed by atoms with Gasteiger partial charge in [-0.2, -0.15) is 11.8 Å². The molecule has 0 spiro atoms. The van der Waals surface area contributed by atoms with Gasteiger partial charge in [-0.25, -0.2) is 0 Å². The number of aliphatic imine (C=N–C) groups is 1. The minimum atomic E-state index is 0.811. The second kappa shape index (κ2) is 9.51. The van der Waals surface area contributed by atoms with Crippen molar-refractivity contribution >= 4 is 17.7 Å². The largest absolute Gasteiger partial charge is 0.357 e. The van der Waals surface area contributed by atoms with Gasteiger partial charge in [-0.3, -0.25) is 4.99 Å². The number of hydrogen-bond acceptors (Lipinski definition) is 2. The van der Waals surface area contributed by atoms with Crippen LogP contribution in [0.25, 0.3) is 0 Å². The molecule has 19 heavy (non-hydrogen) atoms. The van der Waals surface area contributed by atoms with Crippen LogP contribution in [0, 0.1) is 11.8 Å². The molecule has 1 saturated heterocycles. The van der Waals surface area contributed by atoms with Crippen LogP contribution in [0.4, 0.5) is 0 Å². The Hall–Kier alpha value is -0.380. The Kier molecular flexibility index (Phi) is 8.35. The molecule has 3 nitrogen and oxygen atoms in total. The SMILES string of the molecule is CCNC(=NCCCSC)N1CCC(CC(C)C)C1. The second-order valence-corrected chi connectivity index (χ2v) is 6.80. The number of likely N-dealkylation sites (tertiary alicyclic amines) is 1. The van der Waals surface area contributed by atoms with Crippen LogP contribution >= 0.6 is 11.8 Å². The van der Waals surface area contributed by atoms with Gasteiger partial charge in [0.2, 0.25) is 0 Å². The summed E-state index contributed by atoms with van der Waals surface area (Å²) in [6.45, 7) is 11.1. The van der Waals surface area contributed by atoms with E-state index >= 15 is 0 Å². The Morgan fingerprint density at radius 3 is 2.89 bits per heavy atom. The fourth-order valence-corrected chi connectivity index (χ4v) is 3.12. The molecule has 1 unspecified atom stereocenters. The monoisotopic (exact) mass is 285 g/mol. The average Bonchev–Trinajstić information content (AvgIpc) is 2.80. The summed E-state index contributed by atoms with van der Waals surface area (Å²) in [5.41, 5.74) is 0. The molecular formula is C15H31N3S. The first-order valence-electron chi connectivity index (χ1n) is 7.69. The van der Waals surface area contributed by atoms with Crippen LogP contribution in [0.15, 0.2) is 4.99 Å². The highest BCUT2D eigenvalue weighted by molar-refractivity contribution is 7.98. The topological polar surface area (TPSA) is 27.6 Å². The molecule has 0 aliphatic carbocycles. The molecule has 1 fully saturated rings. The lowest BCUT2D eigenvalue weighted by atomic mass is 9.97. The molecule has 112 valence electrons. The molecule has 0 aromatic heterocycles. The molecule has 0 saturated carbocycles. The highest BCUT2D eigenvalue weighted by Crippen LogP contribution is 2.23. The van der Waals surface area contributed by atoms with E-state index in [1.54, 1.807) is 0 Å². The predicted molar refractivity (Wildman–Crippen MR) is 88.1 cm³/mol. The zero-order valence-electron chi connectivity index (χ0n) is 13.1. The third-order valence-electron chi connectivity index (χ3n) is 3.49. The van der Waals surface area contributed by atoms with Gasteiger partial charge in [0.1, 0.15) is 0 Å². The van der Waals surface area contributed by atoms with Crippen molar-refractivity contribution in [3.05, 3.63) is 0 Å². The summed E-state index contributed by atoms with van der Waals surface area (Å²) in [4.78, 5) is 7.22. The quantitative estimate of drug-likeness (QED) is 0.442. The third-order valence-corrected chi connectivity index (χ3v) is 4.19. The fourth-order valence-electron chi connectivity index (χ4n) is 2.70. The Bertz CT molecular complexity index is 266. The van der Waals surface area contributed by atoms with E-state index in [-0.39, 0.29) is 0 Å². The summed E-state index contributed by atoms with van der Waals surface area (Å²) in [7, 11) is 0. The first-order chi connectivity index (χ1) is 9.17. The summed E-state index contributed by atoms with van der Waals surface area (Å²) in [6, 6.07) is 0. The van der Waals surface area contributed by atoms with Crippen LogP contribution in [0.5, 0.6) is 0 Å². The Morgan fingerprint density at radius 2 is 2.26 bits per heavy atom. The van der Waals surface area contributed by atoms with Crippen LogP contribution in [0.2, 0.25) is 0 Å². The van der Waals surface area contributed by atoms with Crippen LogP contribution in [-0.2, 0) is 0 Å². The van der Waals surface area contributed by atoms with Crippen molar-refractivity contribution in [2.24, 2.45) is 16.8 Å². The van der Waals surface area contributed by atoms with E-state index in [1.807, 2.05) is 11.8 Å². The summed E-state index contributed by atoms with van der Waals surface area (Å²) in [6.07, 6.45) is 6.01. The molecule has 1 aliphatic rings. The minimum Gasteiger partial charge on any atom is -0.357 e. The standard InChI is InChI=1S/C15H31N3S/c1-5-16-15(17-8-6-10-19-4)18-9-7-14(12-18)11-13(2)3/h13-14H,5-12H2,1-4H3,(H,16,17). The molecule has 1 rings (SSSR count). The van der Waals surface area contributed by atoms with Crippen molar-refractivity contribution < 1.29 is 0 Å².